The van der Waals surface area contributed by atoms with Gasteiger partial charge in [0.15, 0.2) is 11.5 Å². The molecule has 1 heterocycles. The summed E-state index contributed by atoms with van der Waals surface area (Å²) in [6.07, 6.45) is 1.46. The molecule has 0 radical (unpaired) electrons. The molecule has 0 unspecified atom stereocenters. The first-order valence-electron chi connectivity index (χ1n) is 3.93. The van der Waals surface area contributed by atoms with Crippen LogP contribution in [0.2, 0.25) is 5.02 Å². The topological polar surface area (TPSA) is 47.9 Å². The molecule has 0 saturated carbocycles. The minimum absolute atomic E-state index is 0.174. The fourth-order valence-electron chi connectivity index (χ4n) is 1.28. The van der Waals surface area contributed by atoms with Crippen molar-refractivity contribution >= 4 is 17.7 Å². The van der Waals surface area contributed by atoms with Crippen LogP contribution in [0.1, 0.15) is 5.56 Å². The predicted molar refractivity (Wildman–Crippen MR) is 49.4 cm³/mol. The van der Waals surface area contributed by atoms with Gasteiger partial charge in [-0.3, -0.25) is 0 Å². The van der Waals surface area contributed by atoms with Gasteiger partial charge in [0.1, 0.15) is 0 Å². The number of hydrogen-bond donors (Lipinski definition) is 0. The molecule has 0 bridgehead atoms. The average Bonchev–Trinajstić information content (AvgIpc) is 2.61. The Bertz CT molecular complexity index is 413. The van der Waals surface area contributed by atoms with Crippen molar-refractivity contribution in [2.45, 2.75) is 6.54 Å². The van der Waals surface area contributed by atoms with E-state index in [1.165, 1.54) is 6.08 Å². The lowest BCUT2D eigenvalue weighted by Crippen LogP contribution is -1.94. The van der Waals surface area contributed by atoms with Crippen molar-refractivity contribution in [3.63, 3.8) is 0 Å². The minimum Gasteiger partial charge on any atom is -0.454 e. The lowest BCUT2D eigenvalue weighted by molar-refractivity contribution is 0.173. The minimum atomic E-state index is 0.174. The number of fused-ring (bicyclic) bond motifs is 1. The maximum absolute atomic E-state index is 9.97. The number of benzene rings is 1. The Balaban J connectivity index is 2.43. The third kappa shape index (κ3) is 1.58. The molecule has 2 rings (SSSR count). The highest BCUT2D eigenvalue weighted by molar-refractivity contribution is 6.30. The van der Waals surface area contributed by atoms with Crippen LogP contribution >= 0.6 is 11.6 Å². The smallest absolute Gasteiger partial charge is 0.235 e. The second kappa shape index (κ2) is 3.70. The molecule has 0 spiro atoms. The van der Waals surface area contributed by atoms with E-state index in [1.54, 1.807) is 12.1 Å². The summed E-state index contributed by atoms with van der Waals surface area (Å²) in [6.45, 7) is 0.378. The van der Waals surface area contributed by atoms with Crippen LogP contribution in [0.15, 0.2) is 17.1 Å². The highest BCUT2D eigenvalue weighted by atomic mass is 35.5. The van der Waals surface area contributed by atoms with Gasteiger partial charge in [0, 0.05) is 16.7 Å². The number of hydrogen-bond acceptors (Lipinski definition) is 4. The molecular formula is C9H6ClNO3. The van der Waals surface area contributed by atoms with Gasteiger partial charge in [-0.2, -0.15) is 0 Å². The molecule has 5 heteroatoms. The Morgan fingerprint density at radius 1 is 1.50 bits per heavy atom. The van der Waals surface area contributed by atoms with E-state index in [2.05, 4.69) is 4.99 Å². The Hall–Kier alpha value is -1.51. The van der Waals surface area contributed by atoms with Crippen molar-refractivity contribution in [2.24, 2.45) is 4.99 Å². The quantitative estimate of drug-likeness (QED) is 0.555. The fraction of sp³-hybridized carbons (Fsp3) is 0.222. The normalized spacial score (nSPS) is 12.4. The van der Waals surface area contributed by atoms with Gasteiger partial charge in [-0.05, 0) is 6.07 Å². The number of isocyanates is 1. The van der Waals surface area contributed by atoms with Crippen molar-refractivity contribution in [1.29, 1.82) is 0 Å². The first-order chi connectivity index (χ1) is 6.81. The molecule has 1 aliphatic heterocycles. The summed E-state index contributed by atoms with van der Waals surface area (Å²) in [5.74, 6) is 1.20. The Morgan fingerprint density at radius 2 is 2.36 bits per heavy atom. The lowest BCUT2D eigenvalue weighted by atomic mass is 10.2. The van der Waals surface area contributed by atoms with Gasteiger partial charge in [-0.1, -0.05) is 11.6 Å². The van der Waals surface area contributed by atoms with Crippen LogP contribution in [0.3, 0.4) is 0 Å². The maximum Gasteiger partial charge on any atom is 0.235 e. The van der Waals surface area contributed by atoms with Crippen molar-refractivity contribution < 1.29 is 14.3 Å². The van der Waals surface area contributed by atoms with Crippen molar-refractivity contribution in [1.82, 2.24) is 0 Å². The van der Waals surface area contributed by atoms with Crippen LogP contribution in [-0.4, -0.2) is 12.9 Å². The maximum atomic E-state index is 9.97. The zero-order valence-electron chi connectivity index (χ0n) is 7.12. The molecule has 0 aromatic heterocycles. The van der Waals surface area contributed by atoms with Crippen LogP contribution in [-0.2, 0) is 11.3 Å². The first-order valence-corrected chi connectivity index (χ1v) is 4.30. The average molecular weight is 212 g/mol. The summed E-state index contributed by atoms with van der Waals surface area (Å²) in [6, 6.07) is 3.36. The number of nitrogens with zero attached hydrogens (tertiary/aromatic N) is 1. The van der Waals surface area contributed by atoms with Crippen LogP contribution in [0.25, 0.3) is 0 Å². The Morgan fingerprint density at radius 3 is 3.14 bits per heavy atom. The van der Waals surface area contributed by atoms with E-state index in [-0.39, 0.29) is 13.3 Å². The van der Waals surface area contributed by atoms with Crippen LogP contribution in [0.5, 0.6) is 11.5 Å². The Kier molecular flexibility index (Phi) is 2.39. The molecule has 0 saturated heterocycles. The number of rotatable bonds is 2. The molecule has 1 aromatic rings. The second-order valence-electron chi connectivity index (χ2n) is 2.71. The summed E-state index contributed by atoms with van der Waals surface area (Å²) in [4.78, 5) is 13.4. The van der Waals surface area contributed by atoms with Crippen molar-refractivity contribution in [3.8, 4) is 11.5 Å². The van der Waals surface area contributed by atoms with Gasteiger partial charge in [-0.25, -0.2) is 9.79 Å². The highest BCUT2D eigenvalue weighted by Gasteiger charge is 2.18. The van der Waals surface area contributed by atoms with Gasteiger partial charge >= 0.3 is 0 Å². The third-order valence-corrected chi connectivity index (χ3v) is 2.05. The van der Waals surface area contributed by atoms with Crippen LogP contribution < -0.4 is 9.47 Å². The lowest BCUT2D eigenvalue weighted by Gasteiger charge is -2.02. The summed E-state index contributed by atoms with van der Waals surface area (Å²) in [5, 5.41) is 0.533. The largest absolute Gasteiger partial charge is 0.454 e. The molecule has 14 heavy (non-hydrogen) atoms. The van der Waals surface area contributed by atoms with E-state index in [1.807, 2.05) is 0 Å². The molecule has 0 atom stereocenters. The number of aliphatic imine (C=N–C) groups is 1. The molecule has 0 fully saturated rings. The predicted octanol–water partition coefficient (Wildman–Crippen LogP) is 1.90. The number of carbonyl (C=O) groups excluding carboxylic acids is 1. The van der Waals surface area contributed by atoms with E-state index in [4.69, 9.17) is 21.1 Å². The SMILES string of the molecule is O=C=NCc1cc(Cl)cc2c1OCO2. The van der Waals surface area contributed by atoms with Crippen molar-refractivity contribution in [2.75, 3.05) is 6.79 Å². The zero-order valence-corrected chi connectivity index (χ0v) is 7.87. The summed E-state index contributed by atoms with van der Waals surface area (Å²) < 4.78 is 10.4. The van der Waals surface area contributed by atoms with E-state index < -0.39 is 0 Å². The monoisotopic (exact) mass is 211 g/mol. The molecule has 0 N–H and O–H groups in total. The molecule has 1 aliphatic rings. The van der Waals surface area contributed by atoms with Crippen molar-refractivity contribution in [3.05, 3.63) is 22.7 Å². The molecule has 0 amide bonds. The van der Waals surface area contributed by atoms with E-state index in [9.17, 15) is 4.79 Å². The van der Waals surface area contributed by atoms with Crippen LogP contribution in [0, 0.1) is 0 Å². The van der Waals surface area contributed by atoms with Crippen LogP contribution in [0.4, 0.5) is 0 Å². The van der Waals surface area contributed by atoms with E-state index in [0.717, 1.165) is 5.56 Å². The number of halogens is 1. The summed E-state index contributed by atoms with van der Waals surface area (Å²) in [7, 11) is 0. The van der Waals surface area contributed by atoms with Gasteiger partial charge < -0.3 is 9.47 Å². The molecule has 0 aliphatic carbocycles. The number of ether oxygens (including phenoxy) is 2. The fourth-order valence-corrected chi connectivity index (χ4v) is 1.51. The zero-order chi connectivity index (χ0) is 9.97. The van der Waals surface area contributed by atoms with Gasteiger partial charge in [-0.15, -0.1) is 0 Å². The van der Waals surface area contributed by atoms with Gasteiger partial charge in [0.05, 0.1) is 6.54 Å². The van der Waals surface area contributed by atoms with E-state index >= 15 is 0 Å². The standard InChI is InChI=1S/C9H6ClNO3/c10-7-1-6(3-11-4-12)9-8(2-7)13-5-14-9/h1-2H,3,5H2. The van der Waals surface area contributed by atoms with E-state index in [0.29, 0.717) is 16.5 Å². The Labute approximate surface area is 85.1 Å². The highest BCUT2D eigenvalue weighted by Crippen LogP contribution is 2.38. The molecule has 72 valence electrons. The second-order valence-corrected chi connectivity index (χ2v) is 3.14. The first kappa shape index (κ1) is 9.06. The van der Waals surface area contributed by atoms with Gasteiger partial charge in [0.25, 0.3) is 0 Å². The van der Waals surface area contributed by atoms with Gasteiger partial charge in [0.2, 0.25) is 12.9 Å². The third-order valence-electron chi connectivity index (χ3n) is 1.83. The summed E-state index contributed by atoms with van der Waals surface area (Å²) >= 11 is 5.83. The molecule has 4 nitrogen and oxygen atoms in total. The molecule has 1 aromatic carbocycles. The summed E-state index contributed by atoms with van der Waals surface area (Å²) in [5.41, 5.74) is 0.730. The molecular weight excluding hydrogens is 206 g/mol.